The molecule has 0 saturated carbocycles. The molecule has 0 spiro atoms. The molecular formula is C13H18ClNO3S. The summed E-state index contributed by atoms with van der Waals surface area (Å²) in [4.78, 5) is 0. The van der Waals surface area contributed by atoms with E-state index < -0.39 is 16.1 Å². The summed E-state index contributed by atoms with van der Waals surface area (Å²) < 4.78 is 26.0. The van der Waals surface area contributed by atoms with Crippen molar-refractivity contribution in [2.45, 2.75) is 32.3 Å². The summed E-state index contributed by atoms with van der Waals surface area (Å²) >= 11 is 5.91. The third-order valence-electron chi connectivity index (χ3n) is 3.31. The van der Waals surface area contributed by atoms with E-state index in [0.29, 0.717) is 35.7 Å². The van der Waals surface area contributed by atoms with Gasteiger partial charge in [-0.25, -0.2) is 8.42 Å². The number of fused-ring (bicyclic) bond motifs is 1. The summed E-state index contributed by atoms with van der Waals surface area (Å²) in [6.07, 6.45) is 1.23. The standard InChI is InChI=1S/C13H18ClNO3S/c1-2-3-8-19(17,18)15-7-6-13(16)11-9-10(14)4-5-12(11)15/h4-5,9,13,16H,2-3,6-8H2,1H3. The molecule has 1 N–H and O–H groups in total. The van der Waals surface area contributed by atoms with E-state index in [2.05, 4.69) is 0 Å². The summed E-state index contributed by atoms with van der Waals surface area (Å²) in [5.74, 6) is 0.141. The second-order valence-electron chi connectivity index (χ2n) is 4.75. The lowest BCUT2D eigenvalue weighted by Crippen LogP contribution is -2.38. The van der Waals surface area contributed by atoms with Gasteiger partial charge in [-0.15, -0.1) is 0 Å². The van der Waals surface area contributed by atoms with Crippen LogP contribution in [-0.4, -0.2) is 25.8 Å². The molecule has 106 valence electrons. The van der Waals surface area contributed by atoms with Crippen LogP contribution in [0.2, 0.25) is 5.02 Å². The Balaban J connectivity index is 2.38. The molecule has 1 aromatic rings. The van der Waals surface area contributed by atoms with E-state index in [4.69, 9.17) is 11.6 Å². The predicted octanol–water partition coefficient (Wildman–Crippen LogP) is 2.71. The number of halogens is 1. The van der Waals surface area contributed by atoms with E-state index in [1.54, 1.807) is 18.2 Å². The maximum atomic E-state index is 12.3. The minimum Gasteiger partial charge on any atom is -0.388 e. The Morgan fingerprint density at radius 3 is 2.89 bits per heavy atom. The minimum atomic E-state index is -3.32. The van der Waals surface area contributed by atoms with Gasteiger partial charge in [0.2, 0.25) is 10.0 Å². The summed E-state index contributed by atoms with van der Waals surface area (Å²) in [6.45, 7) is 2.28. The van der Waals surface area contributed by atoms with E-state index >= 15 is 0 Å². The molecule has 1 atom stereocenters. The Morgan fingerprint density at radius 1 is 1.47 bits per heavy atom. The van der Waals surface area contributed by atoms with Crippen LogP contribution in [0.25, 0.3) is 0 Å². The first kappa shape index (κ1) is 14.6. The molecule has 1 aromatic carbocycles. The molecule has 1 aliphatic heterocycles. The number of nitrogens with zero attached hydrogens (tertiary/aromatic N) is 1. The number of anilines is 1. The first-order valence-corrected chi connectivity index (χ1v) is 8.42. The summed E-state index contributed by atoms with van der Waals surface area (Å²) in [5.41, 5.74) is 1.15. The van der Waals surface area contributed by atoms with Crippen LogP contribution in [0.1, 0.15) is 37.9 Å². The number of benzene rings is 1. The number of sulfonamides is 1. The molecule has 1 heterocycles. The Bertz CT molecular complexity index is 559. The second kappa shape index (κ2) is 5.69. The van der Waals surface area contributed by atoms with Gasteiger partial charge in [0.1, 0.15) is 0 Å². The van der Waals surface area contributed by atoms with Crippen molar-refractivity contribution in [1.82, 2.24) is 0 Å². The molecule has 0 aliphatic carbocycles. The molecule has 6 heteroatoms. The summed E-state index contributed by atoms with van der Waals surface area (Å²) in [6, 6.07) is 4.97. The fourth-order valence-electron chi connectivity index (χ4n) is 2.26. The number of hydrogen-bond acceptors (Lipinski definition) is 3. The van der Waals surface area contributed by atoms with Crippen LogP contribution in [0, 0.1) is 0 Å². The second-order valence-corrected chi connectivity index (χ2v) is 7.20. The van der Waals surface area contributed by atoms with Crippen LogP contribution in [0.4, 0.5) is 5.69 Å². The molecule has 2 rings (SSSR count). The molecule has 4 nitrogen and oxygen atoms in total. The van der Waals surface area contributed by atoms with Crippen molar-refractivity contribution in [3.05, 3.63) is 28.8 Å². The Morgan fingerprint density at radius 2 is 2.21 bits per heavy atom. The number of aliphatic hydroxyl groups is 1. The van der Waals surface area contributed by atoms with Crippen molar-refractivity contribution >= 4 is 27.3 Å². The van der Waals surface area contributed by atoms with Crippen molar-refractivity contribution < 1.29 is 13.5 Å². The fourth-order valence-corrected chi connectivity index (χ4v) is 4.16. The lowest BCUT2D eigenvalue weighted by Gasteiger charge is -2.33. The van der Waals surface area contributed by atoms with Crippen molar-refractivity contribution in [2.75, 3.05) is 16.6 Å². The highest BCUT2D eigenvalue weighted by Crippen LogP contribution is 2.37. The summed E-state index contributed by atoms with van der Waals surface area (Å²) in [5, 5.41) is 10.5. The number of rotatable bonds is 4. The topological polar surface area (TPSA) is 57.6 Å². The van der Waals surface area contributed by atoms with Crippen LogP contribution in [0.5, 0.6) is 0 Å². The van der Waals surface area contributed by atoms with E-state index in [1.807, 2.05) is 6.92 Å². The van der Waals surface area contributed by atoms with Gasteiger partial charge in [-0.2, -0.15) is 0 Å². The van der Waals surface area contributed by atoms with Gasteiger partial charge in [-0.1, -0.05) is 24.9 Å². The Kier molecular flexibility index (Phi) is 4.38. The normalized spacial score (nSPS) is 19.3. The number of hydrogen-bond donors (Lipinski definition) is 1. The first-order chi connectivity index (χ1) is 8.95. The van der Waals surface area contributed by atoms with Gasteiger partial charge in [0.25, 0.3) is 0 Å². The van der Waals surface area contributed by atoms with E-state index in [-0.39, 0.29) is 5.75 Å². The molecule has 1 aliphatic rings. The highest BCUT2D eigenvalue weighted by Gasteiger charge is 2.30. The smallest absolute Gasteiger partial charge is 0.235 e. The SMILES string of the molecule is CCCCS(=O)(=O)N1CCC(O)c2cc(Cl)ccc21. The minimum absolute atomic E-state index is 0.141. The molecule has 0 fully saturated rings. The van der Waals surface area contributed by atoms with E-state index in [1.165, 1.54) is 4.31 Å². The average molecular weight is 304 g/mol. The maximum absolute atomic E-state index is 12.3. The number of aliphatic hydroxyl groups excluding tert-OH is 1. The van der Waals surface area contributed by atoms with Gasteiger partial charge < -0.3 is 5.11 Å². The van der Waals surface area contributed by atoms with Gasteiger partial charge >= 0.3 is 0 Å². The third-order valence-corrected chi connectivity index (χ3v) is 5.41. The van der Waals surface area contributed by atoms with Crippen LogP contribution in [-0.2, 0) is 10.0 Å². The molecular weight excluding hydrogens is 286 g/mol. The monoisotopic (exact) mass is 303 g/mol. The molecule has 19 heavy (non-hydrogen) atoms. The van der Waals surface area contributed by atoms with Crippen LogP contribution in [0.15, 0.2) is 18.2 Å². The lowest BCUT2D eigenvalue weighted by molar-refractivity contribution is 0.166. The van der Waals surface area contributed by atoms with Crippen molar-refractivity contribution in [2.24, 2.45) is 0 Å². The molecule has 0 amide bonds. The molecule has 0 aromatic heterocycles. The number of unbranched alkanes of at least 4 members (excludes halogenated alkanes) is 1. The van der Waals surface area contributed by atoms with E-state index in [0.717, 1.165) is 6.42 Å². The highest BCUT2D eigenvalue weighted by atomic mass is 35.5. The average Bonchev–Trinajstić information content (AvgIpc) is 2.37. The Hall–Kier alpha value is -0.780. The van der Waals surface area contributed by atoms with Crippen LogP contribution in [0.3, 0.4) is 0 Å². The van der Waals surface area contributed by atoms with Crippen LogP contribution >= 0.6 is 11.6 Å². The van der Waals surface area contributed by atoms with Gasteiger partial charge in [0, 0.05) is 17.1 Å². The van der Waals surface area contributed by atoms with Gasteiger partial charge in [-0.05, 0) is 31.0 Å². The van der Waals surface area contributed by atoms with Crippen LogP contribution < -0.4 is 4.31 Å². The predicted molar refractivity (Wildman–Crippen MR) is 77.1 cm³/mol. The zero-order valence-corrected chi connectivity index (χ0v) is 12.4. The van der Waals surface area contributed by atoms with Gasteiger partial charge in [-0.3, -0.25) is 4.31 Å². The van der Waals surface area contributed by atoms with Crippen molar-refractivity contribution in [3.63, 3.8) is 0 Å². The molecule has 0 saturated heterocycles. The van der Waals surface area contributed by atoms with Crippen molar-refractivity contribution in [1.29, 1.82) is 0 Å². The largest absolute Gasteiger partial charge is 0.388 e. The molecule has 0 radical (unpaired) electrons. The zero-order valence-electron chi connectivity index (χ0n) is 10.8. The highest BCUT2D eigenvalue weighted by molar-refractivity contribution is 7.92. The summed E-state index contributed by atoms with van der Waals surface area (Å²) in [7, 11) is -3.32. The van der Waals surface area contributed by atoms with Gasteiger partial charge in [0.05, 0.1) is 17.5 Å². The Labute approximate surface area is 119 Å². The van der Waals surface area contributed by atoms with Crippen molar-refractivity contribution in [3.8, 4) is 0 Å². The van der Waals surface area contributed by atoms with E-state index in [9.17, 15) is 13.5 Å². The van der Waals surface area contributed by atoms with Gasteiger partial charge in [0.15, 0.2) is 0 Å². The molecule has 0 bridgehead atoms. The maximum Gasteiger partial charge on any atom is 0.235 e. The lowest BCUT2D eigenvalue weighted by atomic mass is 10.0. The fraction of sp³-hybridized carbons (Fsp3) is 0.538. The molecule has 1 unspecified atom stereocenters. The zero-order chi connectivity index (χ0) is 14.0. The third kappa shape index (κ3) is 3.04. The quantitative estimate of drug-likeness (QED) is 0.930. The first-order valence-electron chi connectivity index (χ1n) is 6.43.